The van der Waals surface area contributed by atoms with Gasteiger partial charge in [0.05, 0.1) is 0 Å². The van der Waals surface area contributed by atoms with Crippen molar-refractivity contribution in [1.82, 2.24) is 9.88 Å². The Balaban J connectivity index is 2.64. The second kappa shape index (κ2) is 9.02. The van der Waals surface area contributed by atoms with Crippen LogP contribution in [0.5, 0.6) is 0 Å². The van der Waals surface area contributed by atoms with Gasteiger partial charge in [-0.05, 0) is 57.0 Å². The fourth-order valence-electron chi connectivity index (χ4n) is 2.40. The van der Waals surface area contributed by atoms with Gasteiger partial charge in [0.15, 0.2) is 0 Å². The van der Waals surface area contributed by atoms with Crippen LogP contribution in [0.4, 0.5) is 0 Å². The van der Waals surface area contributed by atoms with E-state index in [0.717, 1.165) is 32.2 Å². The number of hydrogen-bond acceptors (Lipinski definition) is 4. The standard InChI is InChI=1S/C15H27N3O/c1-3-14(16)15(13-7-9-17-10-8-13)18(2)11-5-4-6-12-19/h7-10,14-15,19H,3-6,11-12,16H2,1-2H3. The van der Waals surface area contributed by atoms with Crippen LogP contribution < -0.4 is 5.73 Å². The Morgan fingerprint density at radius 1 is 1.26 bits per heavy atom. The normalized spacial score (nSPS) is 14.6. The first-order valence-corrected chi connectivity index (χ1v) is 7.17. The number of aliphatic hydroxyl groups excluding tert-OH is 1. The van der Waals surface area contributed by atoms with E-state index >= 15 is 0 Å². The molecule has 0 saturated heterocycles. The number of nitrogens with zero attached hydrogens (tertiary/aromatic N) is 2. The van der Waals surface area contributed by atoms with Gasteiger partial charge in [0, 0.05) is 31.1 Å². The number of aliphatic hydroxyl groups is 1. The summed E-state index contributed by atoms with van der Waals surface area (Å²) in [6.07, 6.45) is 7.64. The molecule has 0 aliphatic rings. The molecule has 0 fully saturated rings. The molecule has 108 valence electrons. The summed E-state index contributed by atoms with van der Waals surface area (Å²) in [7, 11) is 2.12. The smallest absolute Gasteiger partial charge is 0.0497 e. The Morgan fingerprint density at radius 2 is 1.95 bits per heavy atom. The fourth-order valence-corrected chi connectivity index (χ4v) is 2.40. The van der Waals surface area contributed by atoms with Gasteiger partial charge in [0.25, 0.3) is 0 Å². The molecule has 0 spiro atoms. The predicted octanol–water partition coefficient (Wildman–Crippen LogP) is 1.95. The van der Waals surface area contributed by atoms with Crippen LogP contribution in [-0.4, -0.2) is 41.2 Å². The van der Waals surface area contributed by atoms with E-state index < -0.39 is 0 Å². The van der Waals surface area contributed by atoms with Gasteiger partial charge in [-0.2, -0.15) is 0 Å². The molecule has 0 amide bonds. The lowest BCUT2D eigenvalue weighted by molar-refractivity contribution is 0.202. The first kappa shape index (κ1) is 16.1. The molecule has 0 aromatic carbocycles. The molecule has 0 radical (unpaired) electrons. The number of aromatic nitrogens is 1. The number of nitrogens with two attached hydrogens (primary N) is 1. The van der Waals surface area contributed by atoms with E-state index in [4.69, 9.17) is 10.8 Å². The van der Waals surface area contributed by atoms with Crippen LogP contribution >= 0.6 is 0 Å². The molecule has 1 heterocycles. The van der Waals surface area contributed by atoms with Gasteiger partial charge in [-0.3, -0.25) is 9.88 Å². The molecule has 0 aliphatic heterocycles. The minimum atomic E-state index is 0.130. The van der Waals surface area contributed by atoms with Gasteiger partial charge >= 0.3 is 0 Å². The van der Waals surface area contributed by atoms with Crippen LogP contribution in [0.1, 0.15) is 44.2 Å². The van der Waals surface area contributed by atoms with Gasteiger partial charge in [-0.15, -0.1) is 0 Å². The quantitative estimate of drug-likeness (QED) is 0.670. The number of rotatable bonds is 9. The number of likely N-dealkylation sites (N-methyl/N-ethyl adjacent to an activating group) is 1. The molecule has 1 aromatic heterocycles. The third kappa shape index (κ3) is 5.27. The summed E-state index contributed by atoms with van der Waals surface area (Å²) < 4.78 is 0. The third-order valence-electron chi connectivity index (χ3n) is 3.57. The zero-order valence-corrected chi connectivity index (χ0v) is 12.1. The van der Waals surface area contributed by atoms with E-state index in [1.165, 1.54) is 5.56 Å². The third-order valence-corrected chi connectivity index (χ3v) is 3.57. The predicted molar refractivity (Wildman–Crippen MR) is 78.8 cm³/mol. The van der Waals surface area contributed by atoms with Crippen molar-refractivity contribution in [2.45, 2.75) is 44.7 Å². The Bertz CT molecular complexity index is 331. The van der Waals surface area contributed by atoms with Crippen molar-refractivity contribution in [3.8, 4) is 0 Å². The van der Waals surface area contributed by atoms with Crippen LogP contribution in [-0.2, 0) is 0 Å². The molecule has 1 rings (SSSR count). The highest BCUT2D eigenvalue weighted by Crippen LogP contribution is 2.23. The van der Waals surface area contributed by atoms with E-state index in [-0.39, 0.29) is 18.7 Å². The molecule has 19 heavy (non-hydrogen) atoms. The summed E-state index contributed by atoms with van der Waals surface area (Å²) in [6, 6.07) is 4.46. The molecule has 3 N–H and O–H groups in total. The lowest BCUT2D eigenvalue weighted by atomic mass is 9.97. The molecular weight excluding hydrogens is 238 g/mol. The summed E-state index contributed by atoms with van der Waals surface area (Å²) >= 11 is 0. The average molecular weight is 265 g/mol. The summed E-state index contributed by atoms with van der Waals surface area (Å²) in [5.41, 5.74) is 7.51. The SMILES string of the molecule is CCC(N)C(c1ccncc1)N(C)CCCCCO. The zero-order valence-electron chi connectivity index (χ0n) is 12.1. The Morgan fingerprint density at radius 3 is 2.53 bits per heavy atom. The lowest BCUT2D eigenvalue weighted by Crippen LogP contribution is -2.39. The van der Waals surface area contributed by atoms with E-state index in [9.17, 15) is 0 Å². The molecule has 4 nitrogen and oxygen atoms in total. The van der Waals surface area contributed by atoms with Crippen LogP contribution in [0.25, 0.3) is 0 Å². The van der Waals surface area contributed by atoms with Gasteiger partial charge in [0.1, 0.15) is 0 Å². The van der Waals surface area contributed by atoms with Crippen LogP contribution in [0, 0.1) is 0 Å². The maximum atomic E-state index is 8.80. The minimum Gasteiger partial charge on any atom is -0.396 e. The summed E-state index contributed by atoms with van der Waals surface area (Å²) in [5, 5.41) is 8.80. The minimum absolute atomic E-state index is 0.130. The van der Waals surface area contributed by atoms with Crippen molar-refractivity contribution in [1.29, 1.82) is 0 Å². The van der Waals surface area contributed by atoms with Gasteiger partial charge in [-0.1, -0.05) is 6.92 Å². The van der Waals surface area contributed by atoms with Crippen molar-refractivity contribution in [2.75, 3.05) is 20.2 Å². The topological polar surface area (TPSA) is 62.4 Å². The van der Waals surface area contributed by atoms with Gasteiger partial charge in [-0.25, -0.2) is 0 Å². The summed E-state index contributed by atoms with van der Waals surface area (Å²) in [6.45, 7) is 3.41. The lowest BCUT2D eigenvalue weighted by Gasteiger charge is -2.32. The maximum absolute atomic E-state index is 8.80. The van der Waals surface area contributed by atoms with E-state index in [2.05, 4.69) is 23.9 Å². The molecule has 4 heteroatoms. The first-order chi connectivity index (χ1) is 9.20. The van der Waals surface area contributed by atoms with Crippen molar-refractivity contribution in [3.63, 3.8) is 0 Å². The molecule has 0 saturated carbocycles. The van der Waals surface area contributed by atoms with Crippen LogP contribution in [0.3, 0.4) is 0 Å². The molecule has 2 unspecified atom stereocenters. The zero-order chi connectivity index (χ0) is 14.1. The molecule has 2 atom stereocenters. The highest BCUT2D eigenvalue weighted by Gasteiger charge is 2.22. The molecule has 0 aliphatic carbocycles. The van der Waals surface area contributed by atoms with Crippen molar-refractivity contribution in [3.05, 3.63) is 30.1 Å². The number of hydrogen-bond donors (Lipinski definition) is 2. The van der Waals surface area contributed by atoms with Crippen molar-refractivity contribution >= 4 is 0 Å². The second-order valence-electron chi connectivity index (χ2n) is 5.06. The second-order valence-corrected chi connectivity index (χ2v) is 5.06. The Labute approximate surface area is 116 Å². The highest BCUT2D eigenvalue weighted by atomic mass is 16.2. The van der Waals surface area contributed by atoms with Gasteiger partial charge < -0.3 is 10.8 Å². The molecule has 0 bridgehead atoms. The van der Waals surface area contributed by atoms with E-state index in [1.807, 2.05) is 24.5 Å². The van der Waals surface area contributed by atoms with Crippen LogP contribution in [0.2, 0.25) is 0 Å². The summed E-state index contributed by atoms with van der Waals surface area (Å²) in [5.74, 6) is 0. The Hall–Kier alpha value is -0.970. The van der Waals surface area contributed by atoms with E-state index in [0.29, 0.717) is 0 Å². The first-order valence-electron chi connectivity index (χ1n) is 7.17. The average Bonchev–Trinajstić information content (AvgIpc) is 2.45. The fraction of sp³-hybridized carbons (Fsp3) is 0.667. The maximum Gasteiger partial charge on any atom is 0.0497 e. The highest BCUT2D eigenvalue weighted by molar-refractivity contribution is 5.17. The van der Waals surface area contributed by atoms with Crippen LogP contribution in [0.15, 0.2) is 24.5 Å². The van der Waals surface area contributed by atoms with Crippen molar-refractivity contribution in [2.24, 2.45) is 5.73 Å². The number of unbranched alkanes of at least 4 members (excludes halogenated alkanes) is 2. The largest absolute Gasteiger partial charge is 0.396 e. The summed E-state index contributed by atoms with van der Waals surface area (Å²) in [4.78, 5) is 6.39. The Kier molecular flexibility index (Phi) is 7.63. The van der Waals surface area contributed by atoms with Crippen molar-refractivity contribution < 1.29 is 5.11 Å². The monoisotopic (exact) mass is 265 g/mol. The van der Waals surface area contributed by atoms with Gasteiger partial charge in [0.2, 0.25) is 0 Å². The van der Waals surface area contributed by atoms with E-state index in [1.54, 1.807) is 0 Å². The molecular formula is C15H27N3O. The number of pyridine rings is 1. The molecule has 1 aromatic rings.